The van der Waals surface area contributed by atoms with E-state index in [4.69, 9.17) is 38.4 Å². The van der Waals surface area contributed by atoms with E-state index in [1.54, 1.807) is 0 Å². The fraction of sp³-hybridized carbons (Fsp3) is 0.822. The van der Waals surface area contributed by atoms with Crippen LogP contribution in [0.15, 0.2) is 40.3 Å². The first kappa shape index (κ1) is 50.2. The van der Waals surface area contributed by atoms with Crippen molar-refractivity contribution in [1.29, 1.82) is 0 Å². The normalized spacial score (nSPS) is 15.4. The molecule has 1 aromatic carbocycles. The van der Waals surface area contributed by atoms with Crippen LogP contribution in [0.25, 0.3) is 0 Å². The third kappa shape index (κ3) is 20.1. The average Bonchev–Trinajstić information content (AvgIpc) is 3.22. The van der Waals surface area contributed by atoms with E-state index in [0.717, 1.165) is 147 Å². The van der Waals surface area contributed by atoms with Crippen LogP contribution in [0, 0.1) is 0 Å². The molecule has 1 aliphatic rings. The van der Waals surface area contributed by atoms with Crippen LogP contribution in [0.2, 0.25) is 0 Å². The van der Waals surface area contributed by atoms with Gasteiger partial charge in [-0.2, -0.15) is 9.98 Å². The lowest BCUT2D eigenvalue weighted by molar-refractivity contribution is -0.881. The summed E-state index contributed by atoms with van der Waals surface area (Å²) in [5.41, 5.74) is 1.09. The highest BCUT2D eigenvalue weighted by Crippen LogP contribution is 2.29. The van der Waals surface area contributed by atoms with Gasteiger partial charge in [-0.3, -0.25) is 0 Å². The van der Waals surface area contributed by atoms with Gasteiger partial charge >= 0.3 is 0 Å². The van der Waals surface area contributed by atoms with Crippen LogP contribution >= 0.6 is 0 Å². The molecule has 2 rings (SSSR count). The first-order valence-electron chi connectivity index (χ1n) is 22.7. The van der Waals surface area contributed by atoms with Gasteiger partial charge in [-0.05, 0) is 50.7 Å². The molecule has 0 amide bonds. The molecule has 0 bridgehead atoms. The van der Waals surface area contributed by atoms with Crippen molar-refractivity contribution in [2.75, 3.05) is 119 Å². The van der Waals surface area contributed by atoms with E-state index in [-0.39, 0.29) is 6.29 Å². The second-order valence-electron chi connectivity index (χ2n) is 14.9. The smallest absolute Gasteiger partial charge is 0.252 e. The lowest BCUT2D eigenvalue weighted by Gasteiger charge is -2.48. The van der Waals surface area contributed by atoms with Gasteiger partial charge in [-0.25, -0.2) is 9.38 Å². The van der Waals surface area contributed by atoms with Crippen molar-refractivity contribution in [3.8, 4) is 0 Å². The van der Waals surface area contributed by atoms with Crippen LogP contribution in [-0.4, -0.2) is 151 Å². The molecule has 11 heteroatoms. The van der Waals surface area contributed by atoms with E-state index in [9.17, 15) is 0 Å². The van der Waals surface area contributed by atoms with E-state index < -0.39 is 0 Å². The van der Waals surface area contributed by atoms with Crippen LogP contribution in [-0.2, 0) is 28.4 Å². The van der Waals surface area contributed by atoms with Gasteiger partial charge in [-0.15, -0.1) is 0 Å². The monoisotopic (exact) mass is 791 g/mol. The van der Waals surface area contributed by atoms with E-state index in [0.29, 0.717) is 70.3 Å². The Balaban J connectivity index is 2.76. The molecule has 1 atom stereocenters. The molecule has 0 aliphatic carbocycles. The first-order chi connectivity index (χ1) is 27.6. The summed E-state index contributed by atoms with van der Waals surface area (Å²) in [4.78, 5) is 16.1. The number of benzene rings is 1. The molecule has 1 unspecified atom stereocenters. The minimum atomic E-state index is -0.309. The van der Waals surface area contributed by atoms with Crippen molar-refractivity contribution in [2.24, 2.45) is 9.98 Å². The summed E-state index contributed by atoms with van der Waals surface area (Å²) in [6.07, 6.45) is 12.6. The lowest BCUT2D eigenvalue weighted by atomic mass is 10.1. The Labute approximate surface area is 343 Å². The number of guanidine groups is 1. The molecule has 0 saturated carbocycles. The molecular formula is C45H84N5O6+. The zero-order chi connectivity index (χ0) is 40.4. The fourth-order valence-electron chi connectivity index (χ4n) is 6.47. The third-order valence-electron chi connectivity index (χ3n) is 10.1. The quantitative estimate of drug-likeness (QED) is 0.0488. The maximum absolute atomic E-state index is 6.38. The zero-order valence-corrected chi connectivity index (χ0v) is 36.9. The van der Waals surface area contributed by atoms with Crippen molar-refractivity contribution < 1.29 is 32.9 Å². The van der Waals surface area contributed by atoms with Crippen LogP contribution in [0.3, 0.4) is 0 Å². The molecule has 56 heavy (non-hydrogen) atoms. The van der Waals surface area contributed by atoms with Crippen molar-refractivity contribution in [3.05, 3.63) is 35.9 Å². The van der Waals surface area contributed by atoms with E-state index in [1.165, 1.54) is 0 Å². The Morgan fingerprint density at radius 1 is 0.482 bits per heavy atom. The van der Waals surface area contributed by atoms with Gasteiger partial charge in [-0.1, -0.05) is 98.3 Å². The summed E-state index contributed by atoms with van der Waals surface area (Å²) in [5.74, 6) is 1.72. The maximum atomic E-state index is 6.38. The lowest BCUT2D eigenvalue weighted by Crippen LogP contribution is -2.69. The van der Waals surface area contributed by atoms with Crippen LogP contribution < -0.4 is 0 Å². The van der Waals surface area contributed by atoms with Gasteiger partial charge < -0.3 is 33.3 Å². The Hall–Kier alpha value is -1.96. The van der Waals surface area contributed by atoms with Crippen LogP contribution in [0.5, 0.6) is 0 Å². The number of nitrogens with zero attached hydrogens (tertiary/aromatic N) is 5. The molecule has 1 heterocycles. The van der Waals surface area contributed by atoms with E-state index >= 15 is 0 Å². The largest absolute Gasteiger partial charge is 0.380 e. The Kier molecular flexibility index (Phi) is 30.4. The Morgan fingerprint density at radius 2 is 0.857 bits per heavy atom. The van der Waals surface area contributed by atoms with Gasteiger partial charge in [0.15, 0.2) is 0 Å². The topological polar surface area (TPSA) is 86.6 Å². The number of amidine groups is 1. The highest BCUT2D eigenvalue weighted by molar-refractivity contribution is 6.03. The molecule has 0 aromatic heterocycles. The molecule has 0 N–H and O–H groups in total. The summed E-state index contributed by atoms with van der Waals surface area (Å²) in [6.45, 7) is 25.6. The molecule has 0 radical (unpaired) electrons. The Morgan fingerprint density at radius 3 is 1.25 bits per heavy atom. The van der Waals surface area contributed by atoms with Crippen molar-refractivity contribution >= 4 is 11.8 Å². The second-order valence-corrected chi connectivity index (χ2v) is 14.9. The number of hydrogen-bond donors (Lipinski definition) is 0. The zero-order valence-electron chi connectivity index (χ0n) is 36.9. The van der Waals surface area contributed by atoms with Gasteiger partial charge in [0.2, 0.25) is 11.8 Å². The standard InChI is InChI=1S/C45H84N5O6/c1-7-13-30-51-36-24-48(25-37-52-31-14-8-2)44-46-43(42-22-20-19-21-23-42)50(28-40-55-34-17-11-5,29-41-56-35-18-12-6)45(47-44)49(26-38-53-32-15-9-3)27-39-54-33-16-10-4/h19-23,45H,7-18,24-41H2,1-6H3/q+1. The number of aliphatic imine (C=N–C) groups is 2. The fourth-order valence-corrected chi connectivity index (χ4v) is 6.47. The Bertz CT molecular complexity index is 1070. The summed E-state index contributed by atoms with van der Waals surface area (Å²) in [5, 5.41) is 0. The van der Waals surface area contributed by atoms with E-state index in [2.05, 4.69) is 81.7 Å². The molecular weight excluding hydrogens is 707 g/mol. The predicted molar refractivity (Wildman–Crippen MR) is 232 cm³/mol. The highest BCUT2D eigenvalue weighted by atomic mass is 16.5. The average molecular weight is 791 g/mol. The molecule has 324 valence electrons. The van der Waals surface area contributed by atoms with Crippen LogP contribution in [0.1, 0.15) is 124 Å². The molecule has 1 aromatic rings. The molecule has 0 fully saturated rings. The minimum Gasteiger partial charge on any atom is -0.380 e. The molecule has 0 saturated heterocycles. The third-order valence-corrected chi connectivity index (χ3v) is 10.1. The van der Waals surface area contributed by atoms with Gasteiger partial charge in [0.1, 0.15) is 13.1 Å². The minimum absolute atomic E-state index is 0.309. The second kappa shape index (κ2) is 34.0. The molecule has 0 spiro atoms. The van der Waals surface area contributed by atoms with Crippen molar-refractivity contribution in [1.82, 2.24) is 9.80 Å². The number of unbranched alkanes of at least 4 members (excludes halogenated alkanes) is 6. The number of ether oxygens (including phenoxy) is 6. The van der Waals surface area contributed by atoms with Crippen molar-refractivity contribution in [3.63, 3.8) is 0 Å². The first-order valence-corrected chi connectivity index (χ1v) is 22.7. The number of rotatable bonds is 38. The van der Waals surface area contributed by atoms with Crippen LogP contribution in [0.4, 0.5) is 0 Å². The number of quaternary nitrogens is 1. The van der Waals surface area contributed by atoms with Gasteiger partial charge in [0.05, 0.1) is 45.2 Å². The summed E-state index contributed by atoms with van der Waals surface area (Å²) in [7, 11) is 0. The highest BCUT2D eigenvalue weighted by Gasteiger charge is 2.49. The van der Waals surface area contributed by atoms with Gasteiger partial charge in [0.25, 0.3) is 6.29 Å². The molecule has 11 nitrogen and oxygen atoms in total. The SMILES string of the molecule is CCCCOCCN(CCOCCCC)C1=NC(N(CCOCCCC)CCOCCCC)[N+](CCOCCCC)(CCOCCCC)C(c2ccccc2)=N1. The molecule has 1 aliphatic heterocycles. The number of hydrogen-bond acceptors (Lipinski definition) is 10. The predicted octanol–water partition coefficient (Wildman–Crippen LogP) is 8.41. The van der Waals surface area contributed by atoms with E-state index in [1.807, 2.05) is 0 Å². The van der Waals surface area contributed by atoms with Gasteiger partial charge in [0, 0.05) is 65.8 Å². The summed E-state index contributed by atoms with van der Waals surface area (Å²) in [6, 6.07) is 10.7. The van der Waals surface area contributed by atoms with Crippen molar-refractivity contribution in [2.45, 2.75) is 125 Å². The summed E-state index contributed by atoms with van der Waals surface area (Å²) < 4.78 is 38.0. The summed E-state index contributed by atoms with van der Waals surface area (Å²) >= 11 is 0. The maximum Gasteiger partial charge on any atom is 0.252 e.